The maximum Gasteiger partial charge on any atom is 0.211 e. The molecule has 2 rings (SSSR count). The summed E-state index contributed by atoms with van der Waals surface area (Å²) in [5, 5.41) is 4.62. The van der Waals surface area contributed by atoms with Crippen molar-refractivity contribution in [1.29, 1.82) is 0 Å². The highest BCUT2D eigenvalue weighted by Gasteiger charge is 2.24. The average molecular weight is 368 g/mol. The van der Waals surface area contributed by atoms with Crippen molar-refractivity contribution in [2.75, 3.05) is 37.8 Å². The number of anilines is 1. The van der Waals surface area contributed by atoms with Gasteiger partial charge in [0.1, 0.15) is 0 Å². The van der Waals surface area contributed by atoms with E-state index in [0.29, 0.717) is 47.0 Å². The molecule has 0 radical (unpaired) electrons. The van der Waals surface area contributed by atoms with Crippen LogP contribution < -0.4 is 5.32 Å². The maximum absolute atomic E-state index is 11.5. The highest BCUT2D eigenvalue weighted by atomic mass is 35.5. The van der Waals surface area contributed by atoms with Crippen molar-refractivity contribution in [3.05, 3.63) is 28.2 Å². The van der Waals surface area contributed by atoms with Gasteiger partial charge in [0.25, 0.3) is 0 Å². The van der Waals surface area contributed by atoms with Crippen LogP contribution in [0.1, 0.15) is 0 Å². The van der Waals surface area contributed by atoms with Crippen LogP contribution in [0.5, 0.6) is 0 Å². The summed E-state index contributed by atoms with van der Waals surface area (Å²) in [6, 6.07) is 5.11. The molecule has 0 amide bonds. The summed E-state index contributed by atoms with van der Waals surface area (Å²) in [6.07, 6.45) is 1.21. The molecule has 1 aromatic carbocycles. The van der Waals surface area contributed by atoms with Crippen molar-refractivity contribution >= 4 is 56.2 Å². The normalized spacial score (nSPS) is 16.8. The number of sulfonamides is 1. The molecule has 1 heterocycles. The first kappa shape index (κ1) is 16.8. The van der Waals surface area contributed by atoms with Gasteiger partial charge in [-0.2, -0.15) is 4.31 Å². The van der Waals surface area contributed by atoms with Gasteiger partial charge in [-0.25, -0.2) is 8.42 Å². The zero-order valence-electron chi connectivity index (χ0n) is 11.3. The number of rotatable bonds is 2. The number of halogens is 2. The molecular weight excluding hydrogens is 353 g/mol. The van der Waals surface area contributed by atoms with Crippen LogP contribution in [0, 0.1) is 0 Å². The first-order chi connectivity index (χ1) is 9.77. The van der Waals surface area contributed by atoms with Gasteiger partial charge in [-0.1, -0.05) is 23.2 Å². The van der Waals surface area contributed by atoms with Gasteiger partial charge in [0, 0.05) is 31.2 Å². The summed E-state index contributed by atoms with van der Waals surface area (Å²) in [4.78, 5) is 1.92. The van der Waals surface area contributed by atoms with Crippen LogP contribution in [0.25, 0.3) is 0 Å². The molecule has 21 heavy (non-hydrogen) atoms. The van der Waals surface area contributed by atoms with E-state index in [4.69, 9.17) is 35.4 Å². The van der Waals surface area contributed by atoms with Crippen LogP contribution in [0.15, 0.2) is 18.2 Å². The van der Waals surface area contributed by atoms with Crippen LogP contribution in [-0.2, 0) is 10.0 Å². The van der Waals surface area contributed by atoms with Crippen molar-refractivity contribution in [3.8, 4) is 0 Å². The Morgan fingerprint density at radius 1 is 1.24 bits per heavy atom. The van der Waals surface area contributed by atoms with Gasteiger partial charge in [0.05, 0.1) is 17.0 Å². The molecule has 9 heteroatoms. The van der Waals surface area contributed by atoms with Gasteiger partial charge in [0.15, 0.2) is 5.11 Å². The smallest absolute Gasteiger partial charge is 0.211 e. The molecule has 0 atom stereocenters. The van der Waals surface area contributed by atoms with E-state index in [1.165, 1.54) is 10.6 Å². The lowest BCUT2D eigenvalue weighted by Crippen LogP contribution is -2.51. The Morgan fingerprint density at radius 3 is 2.38 bits per heavy atom. The summed E-state index contributed by atoms with van der Waals surface area (Å²) < 4.78 is 24.4. The van der Waals surface area contributed by atoms with Crippen LogP contribution >= 0.6 is 35.4 Å². The molecule has 1 aliphatic heterocycles. The number of piperazine rings is 1. The Bertz CT molecular complexity index is 644. The molecular formula is C12H15Cl2N3O2S2. The predicted molar refractivity (Wildman–Crippen MR) is 90.7 cm³/mol. The summed E-state index contributed by atoms with van der Waals surface area (Å²) >= 11 is 17.3. The minimum absolute atomic E-state index is 0.426. The number of benzene rings is 1. The number of thiocarbonyl (C=S) groups is 1. The average Bonchev–Trinajstić information content (AvgIpc) is 2.41. The first-order valence-electron chi connectivity index (χ1n) is 6.23. The van der Waals surface area contributed by atoms with Crippen molar-refractivity contribution < 1.29 is 8.42 Å². The molecule has 1 aromatic rings. The fourth-order valence-electron chi connectivity index (χ4n) is 2.01. The molecule has 5 nitrogen and oxygen atoms in total. The molecule has 1 saturated heterocycles. The molecule has 1 aliphatic rings. The minimum Gasteiger partial charge on any atom is -0.346 e. The molecule has 0 bridgehead atoms. The van der Waals surface area contributed by atoms with E-state index in [0.717, 1.165) is 0 Å². The van der Waals surface area contributed by atoms with Gasteiger partial charge in [-0.05, 0) is 30.4 Å². The molecule has 116 valence electrons. The maximum atomic E-state index is 11.5. The van der Waals surface area contributed by atoms with Gasteiger partial charge in [0.2, 0.25) is 10.0 Å². The zero-order valence-corrected chi connectivity index (χ0v) is 14.5. The summed E-state index contributed by atoms with van der Waals surface area (Å²) in [6.45, 7) is 1.94. The number of nitrogens with zero attached hydrogens (tertiary/aromatic N) is 2. The van der Waals surface area contributed by atoms with Crippen molar-refractivity contribution in [3.63, 3.8) is 0 Å². The summed E-state index contributed by atoms with van der Waals surface area (Å²) in [5.41, 5.74) is 0.677. The molecule has 0 saturated carbocycles. The highest BCUT2D eigenvalue weighted by Crippen LogP contribution is 2.25. The van der Waals surface area contributed by atoms with Gasteiger partial charge >= 0.3 is 0 Å². The van der Waals surface area contributed by atoms with E-state index in [9.17, 15) is 8.42 Å². The Balaban J connectivity index is 1.96. The molecule has 1 N–H and O–H groups in total. The standard InChI is InChI=1S/C12H15Cl2N3O2S2/c1-21(18,19)17-6-4-16(5-7-17)12(20)15-11-3-2-9(13)8-10(11)14/h2-3,8H,4-7H2,1H3,(H,15,20). The third-order valence-corrected chi connectivity index (χ3v) is 5.38. The second-order valence-electron chi connectivity index (χ2n) is 4.70. The lowest BCUT2D eigenvalue weighted by atomic mass is 10.3. The molecule has 0 spiro atoms. The van der Waals surface area contributed by atoms with Gasteiger partial charge < -0.3 is 10.2 Å². The van der Waals surface area contributed by atoms with Crippen molar-refractivity contribution in [2.45, 2.75) is 0 Å². The van der Waals surface area contributed by atoms with E-state index in [2.05, 4.69) is 5.32 Å². The van der Waals surface area contributed by atoms with Crippen LogP contribution in [0.2, 0.25) is 10.0 Å². The summed E-state index contributed by atoms with van der Waals surface area (Å²) in [7, 11) is -3.14. The Morgan fingerprint density at radius 2 is 1.86 bits per heavy atom. The zero-order chi connectivity index (χ0) is 15.6. The largest absolute Gasteiger partial charge is 0.346 e. The van der Waals surface area contributed by atoms with E-state index < -0.39 is 10.0 Å². The number of hydrogen-bond donors (Lipinski definition) is 1. The third-order valence-electron chi connectivity index (χ3n) is 3.17. The Kier molecular flexibility index (Phi) is 5.32. The Hall–Kier alpha value is -0.600. The molecule has 0 aromatic heterocycles. The monoisotopic (exact) mass is 367 g/mol. The van der Waals surface area contributed by atoms with E-state index in [1.54, 1.807) is 18.2 Å². The third kappa shape index (κ3) is 4.43. The van der Waals surface area contributed by atoms with Gasteiger partial charge in [-0.3, -0.25) is 0 Å². The van der Waals surface area contributed by atoms with E-state index in [-0.39, 0.29) is 0 Å². The quantitative estimate of drug-likeness (QED) is 0.812. The SMILES string of the molecule is CS(=O)(=O)N1CCN(C(=S)Nc2ccc(Cl)cc2Cl)CC1. The van der Waals surface area contributed by atoms with Gasteiger partial charge in [-0.15, -0.1) is 0 Å². The Labute approximate surface area is 139 Å². The summed E-state index contributed by atoms with van der Waals surface area (Å²) in [5.74, 6) is 0. The molecule has 1 fully saturated rings. The predicted octanol–water partition coefficient (Wildman–Crippen LogP) is 2.27. The first-order valence-corrected chi connectivity index (χ1v) is 9.25. The fourth-order valence-corrected chi connectivity index (χ4v) is 3.58. The van der Waals surface area contributed by atoms with Crippen LogP contribution in [0.3, 0.4) is 0 Å². The van der Waals surface area contributed by atoms with Crippen molar-refractivity contribution in [1.82, 2.24) is 9.21 Å². The second-order valence-corrected chi connectivity index (χ2v) is 7.92. The topological polar surface area (TPSA) is 52.7 Å². The molecule has 0 aliphatic carbocycles. The number of nitrogens with one attached hydrogen (secondary N) is 1. The van der Waals surface area contributed by atoms with Crippen LogP contribution in [0.4, 0.5) is 5.69 Å². The number of hydrogen-bond acceptors (Lipinski definition) is 3. The lowest BCUT2D eigenvalue weighted by Gasteiger charge is -2.34. The lowest BCUT2D eigenvalue weighted by molar-refractivity contribution is 0.270. The fraction of sp³-hybridized carbons (Fsp3) is 0.417. The van der Waals surface area contributed by atoms with Crippen LogP contribution in [-0.4, -0.2) is 55.2 Å². The highest BCUT2D eigenvalue weighted by molar-refractivity contribution is 7.88. The van der Waals surface area contributed by atoms with Crippen molar-refractivity contribution in [2.24, 2.45) is 0 Å². The van der Waals surface area contributed by atoms with E-state index >= 15 is 0 Å². The molecule has 0 unspecified atom stereocenters. The van der Waals surface area contributed by atoms with E-state index in [1.807, 2.05) is 4.90 Å². The minimum atomic E-state index is -3.14. The second kappa shape index (κ2) is 6.66.